The predicted octanol–water partition coefficient (Wildman–Crippen LogP) is 3.90. The smallest absolute Gasteiger partial charge is 0.179 e. The van der Waals surface area contributed by atoms with Gasteiger partial charge >= 0.3 is 0 Å². The highest BCUT2D eigenvalue weighted by Crippen LogP contribution is 2.25. The third-order valence-corrected chi connectivity index (χ3v) is 3.71. The Morgan fingerprint density at radius 2 is 2.15 bits per heavy atom. The second kappa shape index (κ2) is 6.24. The number of aromatic nitrogens is 3. The molecule has 1 N–H and O–H groups in total. The molecular formula is C14H21ClN4S. The largest absolute Gasteiger partial charge is 0.329 e. The lowest BCUT2D eigenvalue weighted by Crippen LogP contribution is -2.26. The van der Waals surface area contributed by atoms with Crippen LogP contribution in [-0.4, -0.2) is 40.1 Å². The summed E-state index contributed by atoms with van der Waals surface area (Å²) >= 11 is 11.5. The van der Waals surface area contributed by atoms with Crippen molar-refractivity contribution in [2.45, 2.75) is 26.3 Å². The number of hydrogen-bond acceptors (Lipinski definition) is 3. The zero-order valence-corrected chi connectivity index (χ0v) is 13.9. The summed E-state index contributed by atoms with van der Waals surface area (Å²) in [5.74, 6) is 0.596. The quantitative estimate of drug-likeness (QED) is 0.851. The van der Waals surface area contributed by atoms with Crippen molar-refractivity contribution in [2.24, 2.45) is 5.92 Å². The number of pyridine rings is 1. The van der Waals surface area contributed by atoms with Gasteiger partial charge in [-0.25, -0.2) is 4.98 Å². The molecule has 2 aromatic heterocycles. The van der Waals surface area contributed by atoms with Crippen LogP contribution in [0.25, 0.3) is 11.2 Å². The predicted molar refractivity (Wildman–Crippen MR) is 87.0 cm³/mol. The maximum atomic E-state index is 5.99. The van der Waals surface area contributed by atoms with Gasteiger partial charge in [-0.2, -0.15) is 0 Å². The fourth-order valence-electron chi connectivity index (χ4n) is 2.55. The average Bonchev–Trinajstić information content (AvgIpc) is 2.61. The minimum absolute atomic E-state index is 0.305. The number of likely N-dealkylation sites (N-methyl/N-ethyl adjacent to an activating group) is 1. The molecule has 0 radical (unpaired) electrons. The lowest BCUT2D eigenvalue weighted by molar-refractivity contribution is 0.290. The third-order valence-electron chi connectivity index (χ3n) is 3.21. The molecule has 2 rings (SSSR count). The van der Waals surface area contributed by atoms with E-state index in [1.54, 1.807) is 6.20 Å². The zero-order valence-electron chi connectivity index (χ0n) is 12.4. The summed E-state index contributed by atoms with van der Waals surface area (Å²) in [5, 5.41) is 0.619. The number of halogens is 1. The maximum Gasteiger partial charge on any atom is 0.179 e. The molecule has 0 saturated carbocycles. The SMILES string of the molecule is CC(C)CC(CN(C)C)n1c(=S)[nH]c2cc(Cl)cnc21. The molecular weight excluding hydrogens is 292 g/mol. The Balaban J connectivity index is 2.51. The van der Waals surface area contributed by atoms with Crippen LogP contribution in [0.1, 0.15) is 26.3 Å². The van der Waals surface area contributed by atoms with Gasteiger partial charge in [0.1, 0.15) is 0 Å². The average molecular weight is 313 g/mol. The van der Waals surface area contributed by atoms with Gasteiger partial charge in [0, 0.05) is 12.7 Å². The molecule has 6 heteroatoms. The summed E-state index contributed by atoms with van der Waals surface area (Å²) < 4.78 is 2.84. The van der Waals surface area contributed by atoms with Gasteiger partial charge < -0.3 is 9.88 Å². The Morgan fingerprint density at radius 1 is 1.45 bits per heavy atom. The van der Waals surface area contributed by atoms with Crippen LogP contribution in [0, 0.1) is 10.7 Å². The molecule has 0 amide bonds. The van der Waals surface area contributed by atoms with Crippen LogP contribution in [0.2, 0.25) is 5.02 Å². The molecule has 4 nitrogen and oxygen atoms in total. The van der Waals surface area contributed by atoms with Crippen molar-refractivity contribution < 1.29 is 0 Å². The first-order valence-electron chi connectivity index (χ1n) is 6.79. The first kappa shape index (κ1) is 15.5. The molecule has 0 aliphatic carbocycles. The fourth-order valence-corrected chi connectivity index (χ4v) is 3.06. The fraction of sp³-hybridized carbons (Fsp3) is 0.571. The van der Waals surface area contributed by atoms with Gasteiger partial charge in [-0.1, -0.05) is 25.4 Å². The van der Waals surface area contributed by atoms with Crippen molar-refractivity contribution in [2.75, 3.05) is 20.6 Å². The van der Waals surface area contributed by atoms with E-state index in [1.807, 2.05) is 6.07 Å². The standard InChI is InChI=1S/C14H21ClN4S/c1-9(2)5-11(8-18(3)4)19-13-12(17-14(19)20)6-10(15)7-16-13/h6-7,9,11H,5,8H2,1-4H3,(H,17,20). The molecule has 0 saturated heterocycles. The minimum atomic E-state index is 0.305. The molecule has 1 unspecified atom stereocenters. The van der Waals surface area contributed by atoms with E-state index in [2.05, 4.69) is 47.4 Å². The molecule has 0 bridgehead atoms. The number of imidazole rings is 1. The summed E-state index contributed by atoms with van der Waals surface area (Å²) in [6, 6.07) is 2.18. The number of rotatable bonds is 5. The first-order valence-corrected chi connectivity index (χ1v) is 7.57. The second-order valence-corrected chi connectivity index (χ2v) is 6.69. The van der Waals surface area contributed by atoms with Crippen LogP contribution in [-0.2, 0) is 0 Å². The number of nitrogens with zero attached hydrogens (tertiary/aromatic N) is 3. The topological polar surface area (TPSA) is 36.9 Å². The molecule has 2 heterocycles. The van der Waals surface area contributed by atoms with Gasteiger partial charge in [-0.05, 0) is 44.7 Å². The van der Waals surface area contributed by atoms with Crippen LogP contribution in [0.5, 0.6) is 0 Å². The Labute approximate surface area is 129 Å². The summed E-state index contributed by atoms with van der Waals surface area (Å²) in [6.45, 7) is 5.39. The summed E-state index contributed by atoms with van der Waals surface area (Å²) in [6.07, 6.45) is 2.73. The molecule has 0 aliphatic rings. The molecule has 110 valence electrons. The zero-order chi connectivity index (χ0) is 14.9. The molecule has 0 aromatic carbocycles. The van der Waals surface area contributed by atoms with E-state index in [0.717, 1.165) is 24.1 Å². The Morgan fingerprint density at radius 3 is 2.75 bits per heavy atom. The van der Waals surface area contributed by atoms with Crippen LogP contribution in [0.4, 0.5) is 0 Å². The number of aromatic amines is 1. The van der Waals surface area contributed by atoms with E-state index in [0.29, 0.717) is 21.8 Å². The highest BCUT2D eigenvalue weighted by molar-refractivity contribution is 7.71. The van der Waals surface area contributed by atoms with Crippen molar-refractivity contribution >= 4 is 35.0 Å². The van der Waals surface area contributed by atoms with E-state index in [9.17, 15) is 0 Å². The van der Waals surface area contributed by atoms with Crippen LogP contribution < -0.4 is 0 Å². The second-order valence-electron chi connectivity index (χ2n) is 5.87. The van der Waals surface area contributed by atoms with Crippen molar-refractivity contribution in [3.8, 4) is 0 Å². The summed E-state index contributed by atoms with van der Waals surface area (Å²) in [5.41, 5.74) is 1.78. The Hall–Kier alpha value is -0.910. The van der Waals surface area contributed by atoms with Gasteiger partial charge in [0.25, 0.3) is 0 Å². The van der Waals surface area contributed by atoms with Crippen LogP contribution in [0.15, 0.2) is 12.3 Å². The summed E-state index contributed by atoms with van der Waals surface area (Å²) in [4.78, 5) is 9.84. The van der Waals surface area contributed by atoms with Gasteiger partial charge in [0.05, 0.1) is 16.6 Å². The van der Waals surface area contributed by atoms with Gasteiger partial charge in [-0.15, -0.1) is 0 Å². The lowest BCUT2D eigenvalue weighted by atomic mass is 10.0. The van der Waals surface area contributed by atoms with Crippen molar-refractivity contribution in [1.82, 2.24) is 19.4 Å². The van der Waals surface area contributed by atoms with E-state index in [-0.39, 0.29) is 0 Å². The number of H-pyrrole nitrogens is 1. The molecule has 1 atom stereocenters. The van der Waals surface area contributed by atoms with E-state index < -0.39 is 0 Å². The van der Waals surface area contributed by atoms with Crippen LogP contribution in [0.3, 0.4) is 0 Å². The Bertz CT molecular complexity index is 634. The third kappa shape index (κ3) is 3.40. The van der Waals surface area contributed by atoms with Gasteiger partial charge in [-0.3, -0.25) is 4.57 Å². The molecule has 0 spiro atoms. The molecule has 2 aromatic rings. The number of fused-ring (bicyclic) bond motifs is 1. The van der Waals surface area contributed by atoms with Gasteiger partial charge in [0.15, 0.2) is 10.4 Å². The normalized spacial score (nSPS) is 13.6. The molecule has 20 heavy (non-hydrogen) atoms. The number of nitrogens with one attached hydrogen (secondary N) is 1. The van der Waals surface area contributed by atoms with Gasteiger partial charge in [0.2, 0.25) is 0 Å². The monoisotopic (exact) mass is 312 g/mol. The highest BCUT2D eigenvalue weighted by atomic mass is 35.5. The van der Waals surface area contributed by atoms with Crippen molar-refractivity contribution in [1.29, 1.82) is 0 Å². The van der Waals surface area contributed by atoms with Crippen LogP contribution >= 0.6 is 23.8 Å². The molecule has 0 aliphatic heterocycles. The van der Waals surface area contributed by atoms with E-state index in [1.165, 1.54) is 0 Å². The van der Waals surface area contributed by atoms with E-state index >= 15 is 0 Å². The van der Waals surface area contributed by atoms with Crippen molar-refractivity contribution in [3.63, 3.8) is 0 Å². The minimum Gasteiger partial charge on any atom is -0.329 e. The van der Waals surface area contributed by atoms with E-state index in [4.69, 9.17) is 23.8 Å². The first-order chi connectivity index (χ1) is 9.38. The lowest BCUT2D eigenvalue weighted by Gasteiger charge is -2.24. The molecule has 0 fully saturated rings. The number of hydrogen-bond donors (Lipinski definition) is 1. The van der Waals surface area contributed by atoms with Crippen molar-refractivity contribution in [3.05, 3.63) is 22.1 Å². The highest BCUT2D eigenvalue weighted by Gasteiger charge is 2.18. The Kier molecular flexibility index (Phi) is 4.83. The summed E-state index contributed by atoms with van der Waals surface area (Å²) in [7, 11) is 4.16. The maximum absolute atomic E-state index is 5.99.